The summed E-state index contributed by atoms with van der Waals surface area (Å²) in [5, 5.41) is 3.31. The van der Waals surface area contributed by atoms with Gasteiger partial charge >= 0.3 is 0 Å². The highest BCUT2D eigenvalue weighted by Gasteiger charge is 2.37. The summed E-state index contributed by atoms with van der Waals surface area (Å²) in [6, 6.07) is 0. The van der Waals surface area contributed by atoms with Gasteiger partial charge in [-0.25, -0.2) is 8.42 Å². The van der Waals surface area contributed by atoms with Crippen molar-refractivity contribution in [2.45, 2.75) is 25.8 Å². The van der Waals surface area contributed by atoms with E-state index >= 15 is 0 Å². The predicted octanol–water partition coefficient (Wildman–Crippen LogP) is -0.252. The second-order valence-corrected chi connectivity index (χ2v) is 6.81. The average Bonchev–Trinajstić information content (AvgIpc) is 2.37. The van der Waals surface area contributed by atoms with Gasteiger partial charge in [-0.05, 0) is 32.4 Å². The molecule has 1 rings (SSSR count). The summed E-state index contributed by atoms with van der Waals surface area (Å²) < 4.78 is 22.6. The van der Waals surface area contributed by atoms with Crippen LogP contribution in [0.25, 0.3) is 0 Å². The van der Waals surface area contributed by atoms with Gasteiger partial charge in [-0.2, -0.15) is 0 Å². The third-order valence-electron chi connectivity index (χ3n) is 2.78. The number of nitrogens with two attached hydrogens (primary N) is 1. The zero-order valence-electron chi connectivity index (χ0n) is 8.91. The van der Waals surface area contributed by atoms with Crippen molar-refractivity contribution in [1.29, 1.82) is 0 Å². The van der Waals surface area contributed by atoms with Crippen LogP contribution in [0.5, 0.6) is 0 Å². The Morgan fingerprint density at radius 1 is 1.57 bits per heavy atom. The Balaban J connectivity index is 2.45. The molecule has 1 saturated heterocycles. The third-order valence-corrected chi connectivity index (χ3v) is 4.69. The molecule has 1 fully saturated rings. The SMILES string of the molecule is CC(CN)CNC1(C)CCS(=O)(=O)C1. The van der Waals surface area contributed by atoms with Crippen LogP contribution in [0.3, 0.4) is 0 Å². The molecule has 0 amide bonds. The van der Waals surface area contributed by atoms with Gasteiger partial charge in [-0.15, -0.1) is 0 Å². The molecule has 14 heavy (non-hydrogen) atoms. The molecule has 1 heterocycles. The summed E-state index contributed by atoms with van der Waals surface area (Å²) in [5.74, 6) is 0.972. The van der Waals surface area contributed by atoms with Crippen molar-refractivity contribution in [3.8, 4) is 0 Å². The standard InChI is InChI=1S/C9H20N2O2S/c1-8(5-10)6-11-9(2)3-4-14(12,13)7-9/h8,11H,3-7,10H2,1-2H3. The first-order valence-electron chi connectivity index (χ1n) is 5.02. The number of hydrogen-bond donors (Lipinski definition) is 2. The molecule has 3 N–H and O–H groups in total. The molecule has 2 unspecified atom stereocenters. The van der Waals surface area contributed by atoms with E-state index in [-0.39, 0.29) is 11.3 Å². The smallest absolute Gasteiger partial charge is 0.152 e. The lowest BCUT2D eigenvalue weighted by atomic mass is 10.0. The highest BCUT2D eigenvalue weighted by atomic mass is 32.2. The Hall–Kier alpha value is -0.130. The van der Waals surface area contributed by atoms with Gasteiger partial charge in [0.05, 0.1) is 11.5 Å². The minimum Gasteiger partial charge on any atom is -0.330 e. The Bertz CT molecular complexity index is 289. The molecule has 0 saturated carbocycles. The second kappa shape index (κ2) is 4.16. The van der Waals surface area contributed by atoms with Gasteiger partial charge in [0.1, 0.15) is 0 Å². The van der Waals surface area contributed by atoms with Crippen molar-refractivity contribution in [3.05, 3.63) is 0 Å². The molecule has 84 valence electrons. The lowest BCUT2D eigenvalue weighted by molar-refractivity contribution is 0.365. The monoisotopic (exact) mass is 220 g/mol. The normalized spacial score (nSPS) is 33.1. The molecule has 0 aliphatic carbocycles. The molecule has 4 nitrogen and oxygen atoms in total. The highest BCUT2D eigenvalue weighted by Crippen LogP contribution is 2.22. The van der Waals surface area contributed by atoms with Crippen LogP contribution in [0.1, 0.15) is 20.3 Å². The van der Waals surface area contributed by atoms with E-state index < -0.39 is 9.84 Å². The van der Waals surface area contributed by atoms with Crippen molar-refractivity contribution in [2.75, 3.05) is 24.6 Å². The van der Waals surface area contributed by atoms with Crippen molar-refractivity contribution in [1.82, 2.24) is 5.32 Å². The summed E-state index contributed by atoms with van der Waals surface area (Å²) >= 11 is 0. The van der Waals surface area contributed by atoms with Crippen LogP contribution in [0.2, 0.25) is 0 Å². The summed E-state index contributed by atoms with van der Waals surface area (Å²) in [4.78, 5) is 0. The van der Waals surface area contributed by atoms with E-state index in [2.05, 4.69) is 12.2 Å². The highest BCUT2D eigenvalue weighted by molar-refractivity contribution is 7.91. The fraction of sp³-hybridized carbons (Fsp3) is 1.00. The quantitative estimate of drug-likeness (QED) is 0.685. The third kappa shape index (κ3) is 3.22. The van der Waals surface area contributed by atoms with Crippen LogP contribution >= 0.6 is 0 Å². The van der Waals surface area contributed by atoms with E-state index in [4.69, 9.17) is 5.73 Å². The molecular weight excluding hydrogens is 200 g/mol. The Morgan fingerprint density at radius 2 is 2.21 bits per heavy atom. The van der Waals surface area contributed by atoms with Crippen molar-refractivity contribution in [3.63, 3.8) is 0 Å². The van der Waals surface area contributed by atoms with Gasteiger partial charge in [0.25, 0.3) is 0 Å². The van der Waals surface area contributed by atoms with Crippen LogP contribution in [0, 0.1) is 5.92 Å². The van der Waals surface area contributed by atoms with Crippen LogP contribution in [0.15, 0.2) is 0 Å². The first-order valence-corrected chi connectivity index (χ1v) is 6.84. The maximum Gasteiger partial charge on any atom is 0.152 e. The summed E-state index contributed by atoms with van der Waals surface area (Å²) in [5.41, 5.74) is 5.26. The van der Waals surface area contributed by atoms with Crippen molar-refractivity contribution >= 4 is 9.84 Å². The number of sulfone groups is 1. The van der Waals surface area contributed by atoms with E-state index in [1.807, 2.05) is 6.92 Å². The largest absolute Gasteiger partial charge is 0.330 e. The average molecular weight is 220 g/mol. The molecule has 1 aliphatic rings. The fourth-order valence-corrected chi connectivity index (χ4v) is 3.78. The van der Waals surface area contributed by atoms with Gasteiger partial charge in [0, 0.05) is 5.54 Å². The maximum atomic E-state index is 11.3. The minimum absolute atomic E-state index is 0.234. The van der Waals surface area contributed by atoms with E-state index in [9.17, 15) is 8.42 Å². The topological polar surface area (TPSA) is 72.2 Å². The first-order chi connectivity index (χ1) is 6.37. The zero-order valence-corrected chi connectivity index (χ0v) is 9.73. The molecular formula is C9H20N2O2S. The lowest BCUT2D eigenvalue weighted by Crippen LogP contribution is -2.46. The van der Waals surface area contributed by atoms with Crippen LogP contribution in [-0.2, 0) is 9.84 Å². The lowest BCUT2D eigenvalue weighted by Gasteiger charge is -2.25. The van der Waals surface area contributed by atoms with Gasteiger partial charge in [-0.3, -0.25) is 0 Å². The number of nitrogens with one attached hydrogen (secondary N) is 1. The molecule has 0 aromatic rings. The van der Waals surface area contributed by atoms with Crippen molar-refractivity contribution in [2.24, 2.45) is 11.7 Å². The fourth-order valence-electron chi connectivity index (χ4n) is 1.65. The molecule has 5 heteroatoms. The van der Waals surface area contributed by atoms with E-state index in [0.29, 0.717) is 24.6 Å². The van der Waals surface area contributed by atoms with Gasteiger partial charge < -0.3 is 11.1 Å². The maximum absolute atomic E-state index is 11.3. The van der Waals surface area contributed by atoms with E-state index in [0.717, 1.165) is 6.54 Å². The molecule has 1 aliphatic heterocycles. The zero-order chi connectivity index (χ0) is 10.8. The Kier molecular flexibility index (Phi) is 3.55. The molecule has 0 aromatic heterocycles. The van der Waals surface area contributed by atoms with Crippen LogP contribution in [-0.4, -0.2) is 38.6 Å². The van der Waals surface area contributed by atoms with Crippen LogP contribution < -0.4 is 11.1 Å². The molecule has 2 atom stereocenters. The first kappa shape index (κ1) is 11.9. The summed E-state index contributed by atoms with van der Waals surface area (Å²) in [6.45, 7) is 5.46. The van der Waals surface area contributed by atoms with Gasteiger partial charge in [0.2, 0.25) is 0 Å². The molecule has 0 bridgehead atoms. The molecule has 0 spiro atoms. The minimum atomic E-state index is -2.80. The number of hydrogen-bond acceptors (Lipinski definition) is 4. The summed E-state index contributed by atoms with van der Waals surface area (Å²) in [6.07, 6.45) is 0.715. The molecule has 0 radical (unpaired) electrons. The summed E-state index contributed by atoms with van der Waals surface area (Å²) in [7, 11) is -2.80. The van der Waals surface area contributed by atoms with E-state index in [1.165, 1.54) is 0 Å². The second-order valence-electron chi connectivity index (χ2n) is 4.62. The van der Waals surface area contributed by atoms with Crippen molar-refractivity contribution < 1.29 is 8.42 Å². The number of rotatable bonds is 4. The Morgan fingerprint density at radius 3 is 2.64 bits per heavy atom. The molecule has 0 aromatic carbocycles. The van der Waals surface area contributed by atoms with Crippen LogP contribution in [0.4, 0.5) is 0 Å². The van der Waals surface area contributed by atoms with Gasteiger partial charge in [0.15, 0.2) is 9.84 Å². The predicted molar refractivity (Wildman–Crippen MR) is 57.9 cm³/mol. The van der Waals surface area contributed by atoms with E-state index in [1.54, 1.807) is 0 Å². The van der Waals surface area contributed by atoms with Gasteiger partial charge in [-0.1, -0.05) is 6.92 Å². The Labute approximate surface area is 86.2 Å².